The van der Waals surface area contributed by atoms with Gasteiger partial charge in [0, 0.05) is 0 Å². The van der Waals surface area contributed by atoms with Gasteiger partial charge in [-0.05, 0) is 30.0 Å². The van der Waals surface area contributed by atoms with Crippen LogP contribution < -0.4 is 0 Å². The predicted octanol–water partition coefficient (Wildman–Crippen LogP) is 4.89. The molecule has 28 heavy (non-hydrogen) atoms. The van der Waals surface area contributed by atoms with Crippen molar-refractivity contribution >= 4 is 0 Å². The van der Waals surface area contributed by atoms with E-state index < -0.39 is 0 Å². The Hall–Kier alpha value is -2.02. The molecule has 148 valence electrons. The minimum Gasteiger partial charge on any atom is -0.0582 e. The standard InChI is InChI=1S/C22H23FN3O.Co/c1-15(2)12-16-4-6-17(7-5-16)22-24-21(25-27-22)18-8-9-19(20(23)13-18)14-26-10-3-11-26;/h3-9,13,15H,10-12,14H2,1-2H3;. The molecule has 3 aromatic rings. The molecule has 0 saturated carbocycles. The van der Waals surface area contributed by atoms with Gasteiger partial charge in [0.1, 0.15) is 0 Å². The molecular formula is C22H23CoFN3O. The van der Waals surface area contributed by atoms with Gasteiger partial charge in [0.2, 0.25) is 0 Å². The number of aromatic nitrogens is 2. The maximum Gasteiger partial charge on any atom is -0.0492 e. The molecule has 1 aromatic heterocycles. The van der Waals surface area contributed by atoms with E-state index in [-0.39, 0.29) is 5.82 Å². The summed E-state index contributed by atoms with van der Waals surface area (Å²) in [5.74, 6) is 1.20. The molecule has 1 saturated heterocycles. The Balaban J connectivity index is 1.48. The molecule has 4 nitrogen and oxygen atoms in total. The molecule has 1 aliphatic heterocycles. The van der Waals surface area contributed by atoms with Crippen molar-refractivity contribution in [2.75, 3.05) is 13.1 Å². The van der Waals surface area contributed by atoms with E-state index in [0.717, 1.165) is 25.1 Å². The molecule has 0 radical (unpaired) electrons. The molecule has 0 bridgehead atoms. The van der Waals surface area contributed by atoms with E-state index in [1.54, 1.807) is 6.07 Å². The van der Waals surface area contributed by atoms with Crippen molar-refractivity contribution in [2.24, 2.45) is 5.92 Å². The molecular weight excluding hydrogens is 400 g/mol. The van der Waals surface area contributed by atoms with Crippen LogP contribution in [0.4, 0.5) is 4.39 Å². The zero-order chi connectivity index (χ0) is 19.7. The molecule has 6 heteroatoms. The van der Waals surface area contributed by atoms with Gasteiger partial charge in [0.15, 0.2) is 0 Å². The number of hydrogen-bond donors (Lipinski definition) is 0. The van der Waals surface area contributed by atoms with Gasteiger partial charge in [0.25, 0.3) is 0 Å². The summed E-state index contributed by atoms with van der Waals surface area (Å²) in [6.45, 7) is 6.78. The van der Waals surface area contributed by atoms with Crippen molar-refractivity contribution in [2.45, 2.75) is 31.7 Å². The monoisotopic (exact) mass is 423 g/mol. The average molecular weight is 423 g/mol. The van der Waals surface area contributed by atoms with Crippen LogP contribution in [0.5, 0.6) is 0 Å². The Morgan fingerprint density at radius 3 is 2.50 bits per heavy atom. The predicted molar refractivity (Wildman–Crippen MR) is 103 cm³/mol. The maximum absolute atomic E-state index is 14.5. The van der Waals surface area contributed by atoms with E-state index in [2.05, 4.69) is 56.8 Å². The van der Waals surface area contributed by atoms with Crippen LogP contribution >= 0.6 is 0 Å². The van der Waals surface area contributed by atoms with Gasteiger partial charge in [-0.1, -0.05) is 26.0 Å². The molecule has 0 N–H and O–H groups in total. The fraction of sp³-hybridized carbons (Fsp3) is 0.364. The topological polar surface area (TPSA) is 42.2 Å². The van der Waals surface area contributed by atoms with Crippen molar-refractivity contribution in [3.63, 3.8) is 0 Å². The van der Waals surface area contributed by atoms with Crippen molar-refractivity contribution < 1.29 is 24.7 Å². The summed E-state index contributed by atoms with van der Waals surface area (Å²) < 4.78 is 19.9. The molecule has 2 aromatic carbocycles. The second-order valence-corrected chi connectivity index (χ2v) is 8.63. The van der Waals surface area contributed by atoms with Crippen LogP contribution in [0.2, 0.25) is 4.85 Å². The summed E-state index contributed by atoms with van der Waals surface area (Å²) in [5.41, 5.74) is 3.43. The first-order chi connectivity index (χ1) is 13.5. The Kier molecular flexibility index (Phi) is 5.62. The van der Waals surface area contributed by atoms with E-state index in [1.807, 2.05) is 18.2 Å². The zero-order valence-corrected chi connectivity index (χ0v) is 17.0. The summed E-state index contributed by atoms with van der Waals surface area (Å²) in [6, 6.07) is 13.3. The van der Waals surface area contributed by atoms with E-state index in [0.29, 0.717) is 40.2 Å². The second-order valence-electron chi connectivity index (χ2n) is 7.78. The van der Waals surface area contributed by atoms with Crippen molar-refractivity contribution in [1.29, 1.82) is 0 Å². The number of rotatable bonds is 6. The molecule has 0 amide bonds. The van der Waals surface area contributed by atoms with E-state index >= 15 is 0 Å². The van der Waals surface area contributed by atoms with Gasteiger partial charge in [-0.15, -0.1) is 0 Å². The quantitative estimate of drug-likeness (QED) is 0.566. The summed E-state index contributed by atoms with van der Waals surface area (Å²) in [5, 5.41) is 4.03. The fourth-order valence-corrected chi connectivity index (χ4v) is 3.92. The first-order valence-corrected chi connectivity index (χ1v) is 10.1. The number of nitrogens with zero attached hydrogens (tertiary/aromatic N) is 3. The van der Waals surface area contributed by atoms with Crippen LogP contribution in [-0.2, 0) is 28.7 Å². The second kappa shape index (κ2) is 8.15. The molecule has 0 unspecified atom stereocenters. The molecule has 0 aliphatic carbocycles. The van der Waals surface area contributed by atoms with Crippen molar-refractivity contribution in [3.8, 4) is 22.8 Å². The Bertz CT molecular complexity index is 949. The SMILES string of the molecule is CC(C)Cc1ccc(-c2nc(-c3ccc(CN4C[CH]([Co])C4)c(F)c3)no2)cc1. The average Bonchev–Trinajstić information content (AvgIpc) is 3.12. The molecule has 2 heterocycles. The van der Waals surface area contributed by atoms with Crippen molar-refractivity contribution in [1.82, 2.24) is 15.0 Å². The molecule has 1 fully saturated rings. The smallest absolute Gasteiger partial charge is 0.0492 e. The van der Waals surface area contributed by atoms with Crippen LogP contribution in [0.25, 0.3) is 22.8 Å². The molecule has 0 spiro atoms. The van der Waals surface area contributed by atoms with Gasteiger partial charge < -0.3 is 0 Å². The largest absolute Gasteiger partial charge is 0.0582 e. The van der Waals surface area contributed by atoms with Crippen LogP contribution in [0.3, 0.4) is 0 Å². The van der Waals surface area contributed by atoms with Crippen molar-refractivity contribution in [3.05, 3.63) is 59.4 Å². The molecule has 1 aliphatic rings. The zero-order valence-electron chi connectivity index (χ0n) is 16.0. The maximum atomic E-state index is 14.5. The van der Waals surface area contributed by atoms with E-state index in [9.17, 15) is 4.39 Å². The summed E-state index contributed by atoms with van der Waals surface area (Å²) >= 11 is 4.44. The third-order valence-electron chi connectivity index (χ3n) is 4.87. The minimum atomic E-state index is -0.246. The normalized spacial score (nSPS) is 15.2. The first-order valence-electron chi connectivity index (χ1n) is 9.53. The van der Waals surface area contributed by atoms with Crippen LogP contribution in [0.1, 0.15) is 25.0 Å². The van der Waals surface area contributed by atoms with E-state index in [4.69, 9.17) is 4.52 Å². The number of benzene rings is 2. The van der Waals surface area contributed by atoms with Crippen LogP contribution in [0, 0.1) is 11.7 Å². The van der Waals surface area contributed by atoms with Crippen LogP contribution in [-0.4, -0.2) is 28.1 Å². The number of hydrogen-bond acceptors (Lipinski definition) is 4. The summed E-state index contributed by atoms with van der Waals surface area (Å²) in [4.78, 5) is 7.01. The van der Waals surface area contributed by atoms with Gasteiger partial charge >= 0.3 is 117 Å². The third-order valence-corrected chi connectivity index (χ3v) is 5.25. The Labute approximate surface area is 172 Å². The van der Waals surface area contributed by atoms with E-state index in [1.165, 1.54) is 11.6 Å². The Morgan fingerprint density at radius 2 is 1.86 bits per heavy atom. The van der Waals surface area contributed by atoms with Crippen LogP contribution in [0.15, 0.2) is 47.0 Å². The molecule has 0 atom stereocenters. The minimum absolute atomic E-state index is 0.246. The van der Waals surface area contributed by atoms with Gasteiger partial charge in [-0.3, -0.25) is 0 Å². The number of halogens is 1. The summed E-state index contributed by atoms with van der Waals surface area (Å²) in [6.07, 6.45) is 1.03. The fourth-order valence-electron chi connectivity index (χ4n) is 3.38. The van der Waals surface area contributed by atoms with Gasteiger partial charge in [-0.2, -0.15) is 0 Å². The Morgan fingerprint density at radius 1 is 1.14 bits per heavy atom. The molecule has 4 rings (SSSR count). The third kappa shape index (κ3) is 4.34. The first kappa shape index (κ1) is 19.3. The van der Waals surface area contributed by atoms with Gasteiger partial charge in [0.05, 0.1) is 0 Å². The number of likely N-dealkylation sites (tertiary alicyclic amines) is 1. The van der Waals surface area contributed by atoms with Gasteiger partial charge in [-0.25, -0.2) is 0 Å². The summed E-state index contributed by atoms with van der Waals surface area (Å²) in [7, 11) is 0.